The first-order valence-electron chi connectivity index (χ1n) is 4.03. The summed E-state index contributed by atoms with van der Waals surface area (Å²) in [4.78, 5) is 4.33. The third-order valence-corrected chi connectivity index (χ3v) is 2.15. The highest BCUT2D eigenvalue weighted by Crippen LogP contribution is 2.33. The molecule has 1 N–H and O–H groups in total. The van der Waals surface area contributed by atoms with Gasteiger partial charge in [0.25, 0.3) is 0 Å². The summed E-state index contributed by atoms with van der Waals surface area (Å²) < 4.78 is 0. The second-order valence-corrected chi connectivity index (χ2v) is 4.59. The standard InChI is InChI=1S/C8H11N4P/c1-5-3-10-12-7-6(5)9-4-8(2,13)11-7/h3-4H,13H2,1-2H3,(H,11,12). The van der Waals surface area contributed by atoms with Crippen molar-refractivity contribution in [2.75, 3.05) is 5.32 Å². The van der Waals surface area contributed by atoms with Crippen molar-refractivity contribution in [3.8, 4) is 0 Å². The van der Waals surface area contributed by atoms with Crippen molar-refractivity contribution in [1.82, 2.24) is 10.2 Å². The Morgan fingerprint density at radius 3 is 3.08 bits per heavy atom. The Bertz CT molecular complexity index is 372. The summed E-state index contributed by atoms with van der Waals surface area (Å²) in [6, 6.07) is 0. The molecule has 1 aromatic heterocycles. The Balaban J connectivity index is 2.53. The summed E-state index contributed by atoms with van der Waals surface area (Å²) in [5, 5.41) is 10.9. The van der Waals surface area contributed by atoms with Crippen LogP contribution in [0.4, 0.5) is 11.5 Å². The molecule has 0 aliphatic carbocycles. The topological polar surface area (TPSA) is 50.2 Å². The van der Waals surface area contributed by atoms with Gasteiger partial charge in [-0.3, -0.25) is 4.99 Å². The number of nitrogens with one attached hydrogen (secondary N) is 1. The van der Waals surface area contributed by atoms with Gasteiger partial charge in [-0.25, -0.2) is 0 Å². The van der Waals surface area contributed by atoms with Crippen LogP contribution in [0.3, 0.4) is 0 Å². The number of hydrogen-bond donors (Lipinski definition) is 1. The van der Waals surface area contributed by atoms with Gasteiger partial charge in [0.05, 0.1) is 11.5 Å². The van der Waals surface area contributed by atoms with Gasteiger partial charge >= 0.3 is 0 Å². The van der Waals surface area contributed by atoms with Crippen LogP contribution < -0.4 is 5.32 Å². The smallest absolute Gasteiger partial charge is 0.175 e. The number of aromatic nitrogens is 2. The van der Waals surface area contributed by atoms with Crippen LogP contribution in [0.2, 0.25) is 0 Å². The van der Waals surface area contributed by atoms with Crippen LogP contribution in [-0.4, -0.2) is 21.7 Å². The van der Waals surface area contributed by atoms with E-state index < -0.39 is 0 Å². The Labute approximate surface area is 79.1 Å². The Morgan fingerprint density at radius 1 is 1.54 bits per heavy atom. The molecular formula is C8H11N4P. The first-order chi connectivity index (χ1) is 6.08. The van der Waals surface area contributed by atoms with Gasteiger partial charge in [-0.2, -0.15) is 5.10 Å². The monoisotopic (exact) mass is 194 g/mol. The lowest BCUT2D eigenvalue weighted by molar-refractivity contribution is 0.916. The van der Waals surface area contributed by atoms with Crippen molar-refractivity contribution in [2.45, 2.75) is 19.1 Å². The summed E-state index contributed by atoms with van der Waals surface area (Å²) in [5.41, 5.74) is 1.92. The van der Waals surface area contributed by atoms with Crippen LogP contribution >= 0.6 is 9.24 Å². The van der Waals surface area contributed by atoms with Gasteiger partial charge < -0.3 is 5.32 Å². The number of rotatable bonds is 0. The molecule has 0 saturated carbocycles. The summed E-state index contributed by atoms with van der Waals surface area (Å²) in [7, 11) is 2.67. The number of nitrogens with zero attached hydrogens (tertiary/aromatic N) is 3. The first-order valence-corrected chi connectivity index (χ1v) is 4.61. The molecule has 2 atom stereocenters. The molecule has 0 aromatic carbocycles. The molecule has 2 unspecified atom stereocenters. The molecule has 1 aliphatic rings. The van der Waals surface area contributed by atoms with E-state index in [1.165, 1.54) is 0 Å². The van der Waals surface area contributed by atoms with E-state index in [0.29, 0.717) is 0 Å². The lowest BCUT2D eigenvalue weighted by atomic mass is 10.2. The van der Waals surface area contributed by atoms with Crippen LogP contribution in [-0.2, 0) is 0 Å². The number of anilines is 1. The molecule has 0 fully saturated rings. The summed E-state index contributed by atoms with van der Waals surface area (Å²) in [6.07, 6.45) is 3.57. The zero-order valence-corrected chi connectivity index (χ0v) is 8.73. The van der Waals surface area contributed by atoms with Crippen LogP contribution in [0, 0.1) is 6.92 Å². The number of aryl methyl sites for hydroxylation is 1. The molecule has 1 aliphatic heterocycles. The average Bonchev–Trinajstić information content (AvgIpc) is 2.02. The van der Waals surface area contributed by atoms with Crippen LogP contribution in [0.25, 0.3) is 0 Å². The largest absolute Gasteiger partial charge is 0.353 e. The van der Waals surface area contributed by atoms with Crippen molar-refractivity contribution >= 4 is 27.0 Å². The average molecular weight is 194 g/mol. The highest BCUT2D eigenvalue weighted by Gasteiger charge is 2.22. The lowest BCUT2D eigenvalue weighted by Crippen LogP contribution is -2.31. The molecule has 0 bridgehead atoms. The maximum atomic E-state index is 4.33. The van der Waals surface area contributed by atoms with Crippen molar-refractivity contribution in [3.05, 3.63) is 11.8 Å². The summed E-state index contributed by atoms with van der Waals surface area (Å²) in [6.45, 7) is 3.98. The molecular weight excluding hydrogens is 183 g/mol. The lowest BCUT2D eigenvalue weighted by Gasteiger charge is -2.26. The van der Waals surface area contributed by atoms with E-state index in [1.807, 2.05) is 20.1 Å². The van der Waals surface area contributed by atoms with E-state index in [0.717, 1.165) is 17.1 Å². The second kappa shape index (κ2) is 2.74. The van der Waals surface area contributed by atoms with Gasteiger partial charge in [-0.1, -0.05) is 0 Å². The molecule has 2 heterocycles. The first kappa shape index (κ1) is 8.57. The number of hydrogen-bond acceptors (Lipinski definition) is 4. The number of fused-ring (bicyclic) bond motifs is 1. The van der Waals surface area contributed by atoms with Gasteiger partial charge in [-0.05, 0) is 19.4 Å². The molecule has 13 heavy (non-hydrogen) atoms. The second-order valence-electron chi connectivity index (χ2n) is 3.39. The maximum absolute atomic E-state index is 4.33. The minimum atomic E-state index is -0.213. The zero-order valence-electron chi connectivity index (χ0n) is 7.57. The Hall–Kier alpha value is -1.02. The van der Waals surface area contributed by atoms with E-state index in [-0.39, 0.29) is 5.28 Å². The van der Waals surface area contributed by atoms with E-state index in [4.69, 9.17) is 0 Å². The van der Waals surface area contributed by atoms with Crippen molar-refractivity contribution < 1.29 is 0 Å². The predicted octanol–water partition coefficient (Wildman–Crippen LogP) is 1.50. The minimum Gasteiger partial charge on any atom is -0.353 e. The van der Waals surface area contributed by atoms with Gasteiger partial charge in [0, 0.05) is 6.21 Å². The third kappa shape index (κ3) is 1.54. The number of aliphatic imine (C=N–C) groups is 1. The molecule has 0 saturated heterocycles. The molecule has 2 rings (SSSR count). The van der Waals surface area contributed by atoms with Gasteiger partial charge in [-0.15, -0.1) is 14.3 Å². The van der Waals surface area contributed by atoms with Crippen LogP contribution in [0.5, 0.6) is 0 Å². The fourth-order valence-corrected chi connectivity index (χ4v) is 1.41. The molecule has 0 amide bonds. The van der Waals surface area contributed by atoms with Gasteiger partial charge in [0.2, 0.25) is 0 Å². The molecule has 68 valence electrons. The molecule has 1 aromatic rings. The molecule has 0 radical (unpaired) electrons. The fraction of sp³-hybridized carbons (Fsp3) is 0.375. The van der Waals surface area contributed by atoms with Crippen molar-refractivity contribution in [1.29, 1.82) is 0 Å². The van der Waals surface area contributed by atoms with Crippen molar-refractivity contribution in [3.63, 3.8) is 0 Å². The van der Waals surface area contributed by atoms with Crippen LogP contribution in [0.15, 0.2) is 11.2 Å². The molecule has 5 heteroatoms. The van der Waals surface area contributed by atoms with E-state index >= 15 is 0 Å². The third-order valence-electron chi connectivity index (χ3n) is 1.86. The van der Waals surface area contributed by atoms with E-state index in [9.17, 15) is 0 Å². The van der Waals surface area contributed by atoms with E-state index in [2.05, 4.69) is 29.7 Å². The summed E-state index contributed by atoms with van der Waals surface area (Å²) in [5.74, 6) is 0.750. The van der Waals surface area contributed by atoms with Gasteiger partial charge in [0.1, 0.15) is 5.69 Å². The minimum absolute atomic E-state index is 0.213. The molecule has 4 nitrogen and oxygen atoms in total. The zero-order chi connectivity index (χ0) is 9.47. The molecule has 0 spiro atoms. The van der Waals surface area contributed by atoms with Crippen LogP contribution in [0.1, 0.15) is 12.5 Å². The Kier molecular flexibility index (Phi) is 1.81. The Morgan fingerprint density at radius 2 is 2.31 bits per heavy atom. The van der Waals surface area contributed by atoms with Crippen molar-refractivity contribution in [2.24, 2.45) is 4.99 Å². The summed E-state index contributed by atoms with van der Waals surface area (Å²) >= 11 is 0. The quantitative estimate of drug-likeness (QED) is 0.637. The SMILES string of the molecule is Cc1cnnc2c1N=CC(C)(P)N2. The predicted molar refractivity (Wildman–Crippen MR) is 56.7 cm³/mol. The fourth-order valence-electron chi connectivity index (χ4n) is 1.20. The normalized spacial score (nSPS) is 25.2. The maximum Gasteiger partial charge on any atom is 0.175 e. The van der Waals surface area contributed by atoms with E-state index in [1.54, 1.807) is 6.20 Å². The van der Waals surface area contributed by atoms with Gasteiger partial charge in [0.15, 0.2) is 5.82 Å². The highest BCUT2D eigenvalue weighted by atomic mass is 31.0. The highest BCUT2D eigenvalue weighted by molar-refractivity contribution is 7.21.